The zero-order valence-corrected chi connectivity index (χ0v) is 7.10. The molecule has 2 atom stereocenters. The Morgan fingerprint density at radius 3 is 2.85 bits per heavy atom. The lowest BCUT2D eigenvalue weighted by atomic mass is 10.1. The zero-order valence-electron chi connectivity index (χ0n) is 7.10. The fraction of sp³-hybridized carbons (Fsp3) is 0.750. The topological polar surface area (TPSA) is 83.8 Å². The molecular formula is C8H12O5. The summed E-state index contributed by atoms with van der Waals surface area (Å²) in [4.78, 5) is 21.3. The van der Waals surface area contributed by atoms with Crippen molar-refractivity contribution in [2.24, 2.45) is 0 Å². The Kier molecular flexibility index (Phi) is 3.25. The number of carbonyl (C=O) groups is 2. The van der Waals surface area contributed by atoms with Crippen molar-refractivity contribution >= 4 is 11.9 Å². The summed E-state index contributed by atoms with van der Waals surface area (Å²) < 4.78 is 4.76. The summed E-state index contributed by atoms with van der Waals surface area (Å²) in [6, 6.07) is 0. The maximum atomic E-state index is 10.9. The van der Waals surface area contributed by atoms with E-state index in [1.807, 2.05) is 0 Å². The van der Waals surface area contributed by atoms with Crippen LogP contribution in [0.1, 0.15) is 25.7 Å². The molecule has 0 radical (unpaired) electrons. The van der Waals surface area contributed by atoms with Crippen LogP contribution in [-0.4, -0.2) is 34.4 Å². The van der Waals surface area contributed by atoms with Crippen LogP contribution < -0.4 is 0 Å². The van der Waals surface area contributed by atoms with Crippen LogP contribution in [0.2, 0.25) is 0 Å². The molecule has 1 fully saturated rings. The number of carboxylic acids is 1. The first-order chi connectivity index (χ1) is 6.11. The quantitative estimate of drug-likeness (QED) is 0.592. The van der Waals surface area contributed by atoms with Crippen LogP contribution in [0.5, 0.6) is 0 Å². The second-order valence-electron chi connectivity index (χ2n) is 3.06. The zero-order chi connectivity index (χ0) is 9.84. The van der Waals surface area contributed by atoms with E-state index in [9.17, 15) is 9.59 Å². The summed E-state index contributed by atoms with van der Waals surface area (Å²) in [5, 5.41) is 17.6. The number of hydrogen-bond acceptors (Lipinski definition) is 4. The number of carbonyl (C=O) groups excluding carboxylic acids is 1. The highest BCUT2D eigenvalue weighted by atomic mass is 16.6. The van der Waals surface area contributed by atoms with Crippen molar-refractivity contribution in [1.82, 2.24) is 0 Å². The molecule has 74 valence electrons. The first-order valence-electron chi connectivity index (χ1n) is 4.21. The molecule has 0 bridgehead atoms. The molecule has 2 N–H and O–H groups in total. The van der Waals surface area contributed by atoms with Gasteiger partial charge in [-0.25, -0.2) is 4.79 Å². The van der Waals surface area contributed by atoms with E-state index in [4.69, 9.17) is 14.9 Å². The van der Waals surface area contributed by atoms with Crippen LogP contribution in [0.3, 0.4) is 0 Å². The van der Waals surface area contributed by atoms with Gasteiger partial charge in [0.25, 0.3) is 0 Å². The van der Waals surface area contributed by atoms with Crippen LogP contribution >= 0.6 is 0 Å². The molecule has 1 rings (SSSR count). The number of carboxylic acid groups (broad SMARTS) is 1. The van der Waals surface area contributed by atoms with Crippen molar-refractivity contribution in [3.63, 3.8) is 0 Å². The summed E-state index contributed by atoms with van der Waals surface area (Å²) in [6.45, 7) is 0. The van der Waals surface area contributed by atoms with Gasteiger partial charge in [-0.15, -0.1) is 0 Å². The van der Waals surface area contributed by atoms with E-state index in [2.05, 4.69) is 0 Å². The molecule has 0 aromatic rings. The Labute approximate surface area is 75.3 Å². The standard InChI is InChI=1S/C8H12O5/c9-6-4-2-1-3-5(13-6)7(10)8(11)12/h5,7,10H,1-4H2,(H,11,12)/t5-,7?/m1/s1. The minimum Gasteiger partial charge on any atom is -0.479 e. The molecule has 1 saturated heterocycles. The number of rotatable bonds is 2. The number of hydrogen-bond donors (Lipinski definition) is 2. The fourth-order valence-corrected chi connectivity index (χ4v) is 1.28. The van der Waals surface area contributed by atoms with Gasteiger partial charge >= 0.3 is 11.9 Å². The van der Waals surface area contributed by atoms with Crippen LogP contribution in [0.15, 0.2) is 0 Å². The molecule has 13 heavy (non-hydrogen) atoms. The smallest absolute Gasteiger partial charge is 0.336 e. The number of esters is 1. The van der Waals surface area contributed by atoms with Gasteiger partial charge in [0.15, 0.2) is 6.10 Å². The maximum Gasteiger partial charge on any atom is 0.336 e. The highest BCUT2D eigenvalue weighted by Crippen LogP contribution is 2.16. The second-order valence-corrected chi connectivity index (χ2v) is 3.06. The highest BCUT2D eigenvalue weighted by molar-refractivity contribution is 5.74. The van der Waals surface area contributed by atoms with Crippen LogP contribution in [0, 0.1) is 0 Å². The minimum atomic E-state index is -1.60. The molecule has 0 aromatic heterocycles. The van der Waals surface area contributed by atoms with Gasteiger partial charge in [0, 0.05) is 6.42 Å². The lowest BCUT2D eigenvalue weighted by molar-refractivity contribution is -0.164. The van der Waals surface area contributed by atoms with E-state index in [-0.39, 0.29) is 0 Å². The lowest BCUT2D eigenvalue weighted by Crippen LogP contribution is -2.36. The number of aliphatic hydroxyl groups excluding tert-OH is 1. The Balaban J connectivity index is 2.56. The molecule has 0 spiro atoms. The molecule has 0 aliphatic carbocycles. The van der Waals surface area contributed by atoms with Crippen molar-refractivity contribution in [3.8, 4) is 0 Å². The van der Waals surface area contributed by atoms with Crippen molar-refractivity contribution in [2.75, 3.05) is 0 Å². The van der Waals surface area contributed by atoms with Gasteiger partial charge in [0.1, 0.15) is 6.10 Å². The largest absolute Gasteiger partial charge is 0.479 e. The van der Waals surface area contributed by atoms with E-state index in [1.54, 1.807) is 0 Å². The van der Waals surface area contributed by atoms with E-state index < -0.39 is 24.1 Å². The van der Waals surface area contributed by atoms with Crippen molar-refractivity contribution < 1.29 is 24.5 Å². The van der Waals surface area contributed by atoms with Gasteiger partial charge in [-0.05, 0) is 19.3 Å². The third-order valence-corrected chi connectivity index (χ3v) is 2.01. The molecule has 1 aliphatic heterocycles. The van der Waals surface area contributed by atoms with Gasteiger partial charge < -0.3 is 14.9 Å². The Bertz CT molecular complexity index is 213. The van der Waals surface area contributed by atoms with Crippen LogP contribution in [0.4, 0.5) is 0 Å². The molecular weight excluding hydrogens is 176 g/mol. The third-order valence-electron chi connectivity index (χ3n) is 2.01. The normalized spacial score (nSPS) is 25.9. The van der Waals surface area contributed by atoms with E-state index in [1.165, 1.54) is 0 Å². The molecule has 5 nitrogen and oxygen atoms in total. The average Bonchev–Trinajstić information content (AvgIpc) is 2.28. The minimum absolute atomic E-state index is 0.308. The first kappa shape index (κ1) is 9.98. The van der Waals surface area contributed by atoms with Gasteiger partial charge in [0.2, 0.25) is 0 Å². The average molecular weight is 188 g/mol. The van der Waals surface area contributed by atoms with Gasteiger partial charge in [-0.2, -0.15) is 0 Å². The Morgan fingerprint density at radius 2 is 2.23 bits per heavy atom. The molecule has 1 unspecified atom stereocenters. The lowest BCUT2D eigenvalue weighted by Gasteiger charge is -2.17. The van der Waals surface area contributed by atoms with E-state index in [0.29, 0.717) is 25.7 Å². The van der Waals surface area contributed by atoms with Crippen molar-refractivity contribution in [2.45, 2.75) is 37.9 Å². The second kappa shape index (κ2) is 4.23. The number of aliphatic hydroxyl groups is 1. The molecule has 0 saturated carbocycles. The number of cyclic esters (lactones) is 1. The number of aliphatic carboxylic acids is 1. The third kappa shape index (κ3) is 2.69. The highest BCUT2D eigenvalue weighted by Gasteiger charge is 2.30. The van der Waals surface area contributed by atoms with Crippen molar-refractivity contribution in [3.05, 3.63) is 0 Å². The summed E-state index contributed by atoms with van der Waals surface area (Å²) >= 11 is 0. The van der Waals surface area contributed by atoms with Crippen LogP contribution in [0.25, 0.3) is 0 Å². The van der Waals surface area contributed by atoms with Gasteiger partial charge in [-0.3, -0.25) is 4.79 Å². The molecule has 0 amide bonds. The molecule has 1 aliphatic rings. The molecule has 1 heterocycles. The maximum absolute atomic E-state index is 10.9. The monoisotopic (exact) mass is 188 g/mol. The first-order valence-corrected chi connectivity index (χ1v) is 4.21. The van der Waals surface area contributed by atoms with E-state index in [0.717, 1.165) is 0 Å². The molecule has 0 aromatic carbocycles. The SMILES string of the molecule is O=C1CCCC[C@H](C(O)C(=O)O)O1. The summed E-state index contributed by atoms with van der Waals surface area (Å²) in [5.41, 5.74) is 0. The molecule has 5 heteroatoms. The predicted molar refractivity (Wildman–Crippen MR) is 42.0 cm³/mol. The van der Waals surface area contributed by atoms with Gasteiger partial charge in [-0.1, -0.05) is 0 Å². The van der Waals surface area contributed by atoms with Crippen LogP contribution in [-0.2, 0) is 14.3 Å². The van der Waals surface area contributed by atoms with Crippen molar-refractivity contribution in [1.29, 1.82) is 0 Å². The van der Waals surface area contributed by atoms with Gasteiger partial charge in [0.05, 0.1) is 0 Å². The summed E-state index contributed by atoms with van der Waals surface area (Å²) in [6.07, 6.45) is -0.348. The Hall–Kier alpha value is -1.10. The number of ether oxygens (including phenoxy) is 1. The fourth-order valence-electron chi connectivity index (χ4n) is 1.28. The summed E-state index contributed by atoms with van der Waals surface area (Å²) in [7, 11) is 0. The summed E-state index contributed by atoms with van der Waals surface area (Å²) in [5.74, 6) is -1.78. The Morgan fingerprint density at radius 1 is 1.54 bits per heavy atom. The predicted octanol–water partition coefficient (Wildman–Crippen LogP) is -0.0823. The van der Waals surface area contributed by atoms with E-state index >= 15 is 0 Å².